The predicted molar refractivity (Wildman–Crippen MR) is 69.3 cm³/mol. The number of ether oxygens (including phenoxy) is 1. The zero-order valence-corrected chi connectivity index (χ0v) is 10.1. The smallest absolute Gasteiger partial charge is 0.219 e. The van der Waals surface area contributed by atoms with Crippen molar-refractivity contribution < 1.29 is 4.74 Å². The monoisotopic (exact) mass is 228 g/mol. The first kappa shape index (κ1) is 11.5. The lowest BCUT2D eigenvalue weighted by molar-refractivity contribution is 0.464. The molecule has 0 spiro atoms. The van der Waals surface area contributed by atoms with E-state index in [1.165, 1.54) is 5.56 Å². The Morgan fingerprint density at radius 2 is 2.06 bits per heavy atom. The molecule has 1 aromatic heterocycles. The van der Waals surface area contributed by atoms with Crippen LogP contribution in [0, 0.1) is 6.92 Å². The van der Waals surface area contributed by atoms with Crippen LogP contribution >= 0.6 is 0 Å². The Morgan fingerprint density at radius 3 is 2.71 bits per heavy atom. The number of anilines is 1. The molecule has 2 aromatic rings. The van der Waals surface area contributed by atoms with Crippen LogP contribution in [0.15, 0.2) is 36.5 Å². The van der Waals surface area contributed by atoms with Gasteiger partial charge in [0.2, 0.25) is 5.88 Å². The molecule has 1 aromatic carbocycles. The number of aromatic nitrogens is 1. The standard InChI is InChI=1S/C14H16N2O/c1-3-11-4-5-13(12(15)9-11)17-14-8-10(2)6-7-16-14/h4-9H,3,15H2,1-2H3. The highest BCUT2D eigenvalue weighted by atomic mass is 16.5. The van der Waals surface area contributed by atoms with Gasteiger partial charge in [-0.3, -0.25) is 0 Å². The van der Waals surface area contributed by atoms with E-state index in [2.05, 4.69) is 11.9 Å². The lowest BCUT2D eigenvalue weighted by atomic mass is 10.1. The van der Waals surface area contributed by atoms with E-state index in [4.69, 9.17) is 10.5 Å². The maximum absolute atomic E-state index is 5.93. The summed E-state index contributed by atoms with van der Waals surface area (Å²) in [5, 5.41) is 0. The molecule has 0 saturated heterocycles. The number of nitrogen functional groups attached to an aromatic ring is 1. The lowest BCUT2D eigenvalue weighted by Gasteiger charge is -2.09. The van der Waals surface area contributed by atoms with Gasteiger partial charge in [-0.2, -0.15) is 0 Å². The summed E-state index contributed by atoms with van der Waals surface area (Å²) in [7, 11) is 0. The summed E-state index contributed by atoms with van der Waals surface area (Å²) in [4.78, 5) is 4.14. The first-order chi connectivity index (χ1) is 8.19. The number of nitrogens with zero attached hydrogens (tertiary/aromatic N) is 1. The normalized spacial score (nSPS) is 10.2. The molecule has 17 heavy (non-hydrogen) atoms. The van der Waals surface area contributed by atoms with Crippen LogP contribution in [0.1, 0.15) is 18.1 Å². The number of hydrogen-bond acceptors (Lipinski definition) is 3. The molecule has 0 aliphatic heterocycles. The predicted octanol–water partition coefficient (Wildman–Crippen LogP) is 3.33. The number of aryl methyl sites for hydroxylation is 2. The van der Waals surface area contributed by atoms with Gasteiger partial charge in [-0.1, -0.05) is 13.0 Å². The summed E-state index contributed by atoms with van der Waals surface area (Å²) >= 11 is 0. The van der Waals surface area contributed by atoms with Crippen LogP contribution in [0.2, 0.25) is 0 Å². The molecule has 1 heterocycles. The maximum Gasteiger partial charge on any atom is 0.219 e. The molecule has 0 atom stereocenters. The van der Waals surface area contributed by atoms with Crippen LogP contribution in [0.3, 0.4) is 0 Å². The number of benzene rings is 1. The molecule has 2 N–H and O–H groups in total. The largest absolute Gasteiger partial charge is 0.437 e. The molecule has 0 amide bonds. The summed E-state index contributed by atoms with van der Waals surface area (Å²) in [6, 6.07) is 9.65. The van der Waals surface area contributed by atoms with Crippen LogP contribution in [0.25, 0.3) is 0 Å². The van der Waals surface area contributed by atoms with Crippen LogP contribution in [0.5, 0.6) is 11.6 Å². The van der Waals surface area contributed by atoms with Crippen molar-refractivity contribution in [1.82, 2.24) is 4.98 Å². The Hall–Kier alpha value is -2.03. The van der Waals surface area contributed by atoms with Crippen molar-refractivity contribution in [3.8, 4) is 11.6 Å². The Balaban J connectivity index is 2.24. The molecular weight excluding hydrogens is 212 g/mol. The third-order valence-corrected chi connectivity index (χ3v) is 2.59. The Morgan fingerprint density at radius 1 is 1.24 bits per heavy atom. The summed E-state index contributed by atoms with van der Waals surface area (Å²) in [5.74, 6) is 1.22. The molecule has 0 aliphatic carbocycles. The van der Waals surface area contributed by atoms with Gasteiger partial charge >= 0.3 is 0 Å². The third kappa shape index (κ3) is 2.75. The molecule has 0 saturated carbocycles. The third-order valence-electron chi connectivity index (χ3n) is 2.59. The molecular formula is C14H16N2O. The van der Waals surface area contributed by atoms with E-state index in [1.807, 2.05) is 37.3 Å². The molecule has 0 radical (unpaired) electrons. The summed E-state index contributed by atoms with van der Waals surface area (Å²) in [5.41, 5.74) is 8.89. The number of nitrogens with two attached hydrogens (primary N) is 1. The molecule has 3 nitrogen and oxygen atoms in total. The van der Waals surface area contributed by atoms with E-state index in [1.54, 1.807) is 6.20 Å². The quantitative estimate of drug-likeness (QED) is 0.820. The van der Waals surface area contributed by atoms with Crippen molar-refractivity contribution >= 4 is 5.69 Å². The van der Waals surface area contributed by atoms with Crippen molar-refractivity contribution in [2.75, 3.05) is 5.73 Å². The zero-order chi connectivity index (χ0) is 12.3. The van der Waals surface area contributed by atoms with Gasteiger partial charge in [0.1, 0.15) is 0 Å². The van der Waals surface area contributed by atoms with Gasteiger partial charge < -0.3 is 10.5 Å². The van der Waals surface area contributed by atoms with E-state index in [-0.39, 0.29) is 0 Å². The van der Waals surface area contributed by atoms with E-state index >= 15 is 0 Å². The van der Waals surface area contributed by atoms with Crippen molar-refractivity contribution in [2.24, 2.45) is 0 Å². The summed E-state index contributed by atoms with van der Waals surface area (Å²) in [6.45, 7) is 4.09. The minimum Gasteiger partial charge on any atom is -0.437 e. The van der Waals surface area contributed by atoms with Crippen LogP contribution in [-0.2, 0) is 6.42 Å². The Labute approximate surface area is 101 Å². The second-order valence-corrected chi connectivity index (χ2v) is 4.00. The van der Waals surface area contributed by atoms with Crippen molar-refractivity contribution in [1.29, 1.82) is 0 Å². The van der Waals surface area contributed by atoms with Crippen LogP contribution in [-0.4, -0.2) is 4.98 Å². The van der Waals surface area contributed by atoms with Gasteiger partial charge in [-0.05, 0) is 42.7 Å². The van der Waals surface area contributed by atoms with Gasteiger partial charge in [0.15, 0.2) is 5.75 Å². The fourth-order valence-electron chi connectivity index (χ4n) is 1.59. The molecule has 0 bridgehead atoms. The van der Waals surface area contributed by atoms with Crippen molar-refractivity contribution in [3.05, 3.63) is 47.7 Å². The molecule has 88 valence electrons. The Kier molecular flexibility index (Phi) is 3.28. The van der Waals surface area contributed by atoms with Gasteiger partial charge in [-0.25, -0.2) is 4.98 Å². The zero-order valence-electron chi connectivity index (χ0n) is 10.1. The highest BCUT2D eigenvalue weighted by Crippen LogP contribution is 2.27. The van der Waals surface area contributed by atoms with Gasteiger partial charge in [0.05, 0.1) is 5.69 Å². The molecule has 0 fully saturated rings. The fraction of sp³-hybridized carbons (Fsp3) is 0.214. The molecule has 0 unspecified atom stereocenters. The molecule has 2 rings (SSSR count). The topological polar surface area (TPSA) is 48.1 Å². The number of pyridine rings is 1. The average molecular weight is 228 g/mol. The summed E-state index contributed by atoms with van der Waals surface area (Å²) in [6.07, 6.45) is 2.69. The first-order valence-corrected chi connectivity index (χ1v) is 5.68. The van der Waals surface area contributed by atoms with E-state index < -0.39 is 0 Å². The van der Waals surface area contributed by atoms with Crippen LogP contribution < -0.4 is 10.5 Å². The van der Waals surface area contributed by atoms with Crippen molar-refractivity contribution in [3.63, 3.8) is 0 Å². The minimum atomic E-state index is 0.570. The second kappa shape index (κ2) is 4.87. The van der Waals surface area contributed by atoms with Gasteiger partial charge in [-0.15, -0.1) is 0 Å². The number of hydrogen-bond donors (Lipinski definition) is 1. The fourth-order valence-corrected chi connectivity index (χ4v) is 1.59. The minimum absolute atomic E-state index is 0.570. The van der Waals surface area contributed by atoms with Gasteiger partial charge in [0, 0.05) is 12.3 Å². The molecule has 3 heteroatoms. The van der Waals surface area contributed by atoms with Crippen molar-refractivity contribution in [2.45, 2.75) is 20.3 Å². The molecule has 0 aliphatic rings. The van der Waals surface area contributed by atoms with E-state index in [0.717, 1.165) is 12.0 Å². The van der Waals surface area contributed by atoms with E-state index in [9.17, 15) is 0 Å². The lowest BCUT2D eigenvalue weighted by Crippen LogP contribution is -1.95. The second-order valence-electron chi connectivity index (χ2n) is 4.00. The van der Waals surface area contributed by atoms with Gasteiger partial charge in [0.25, 0.3) is 0 Å². The highest BCUT2D eigenvalue weighted by molar-refractivity contribution is 5.55. The Bertz CT molecular complexity index is 523. The SMILES string of the molecule is CCc1ccc(Oc2cc(C)ccn2)c(N)c1. The maximum atomic E-state index is 5.93. The highest BCUT2D eigenvalue weighted by Gasteiger charge is 2.04. The van der Waals surface area contributed by atoms with E-state index in [0.29, 0.717) is 17.3 Å². The van der Waals surface area contributed by atoms with Crippen LogP contribution in [0.4, 0.5) is 5.69 Å². The first-order valence-electron chi connectivity index (χ1n) is 5.68. The average Bonchev–Trinajstić information content (AvgIpc) is 2.32. The number of rotatable bonds is 3. The summed E-state index contributed by atoms with van der Waals surface area (Å²) < 4.78 is 5.65.